The van der Waals surface area contributed by atoms with Crippen molar-refractivity contribution in [2.24, 2.45) is 0 Å². The molecule has 6 nitrogen and oxygen atoms in total. The van der Waals surface area contributed by atoms with Crippen LogP contribution in [0.2, 0.25) is 0 Å². The molecule has 1 saturated heterocycles. The van der Waals surface area contributed by atoms with E-state index >= 15 is 0 Å². The maximum Gasteiger partial charge on any atom is 0.332 e. The van der Waals surface area contributed by atoms with Crippen LogP contribution in [-0.2, 0) is 9.59 Å². The topological polar surface area (TPSA) is 69.7 Å². The van der Waals surface area contributed by atoms with Gasteiger partial charge in [0.2, 0.25) is 5.91 Å². The minimum absolute atomic E-state index is 0.198. The summed E-state index contributed by atoms with van der Waals surface area (Å²) in [7, 11) is 0. The number of aryl methyl sites for hydroxylation is 1. The standard InChI is InChI=1S/C17H21N3O3/c1-10-4-8-14(9-5-10)19-12(3)16(22)20(17(19)23)11(2)15(21)18-13-6-7-13/h4-5,8-9,11-13H,6-7H2,1-3H3,(H,18,21)/t11-,12+/m1/s1. The van der Waals surface area contributed by atoms with Gasteiger partial charge in [-0.1, -0.05) is 17.7 Å². The molecule has 1 N–H and O–H groups in total. The Morgan fingerprint density at radius 1 is 1.22 bits per heavy atom. The van der Waals surface area contributed by atoms with Crippen LogP contribution in [0.25, 0.3) is 0 Å². The minimum atomic E-state index is -0.798. The van der Waals surface area contributed by atoms with Crippen molar-refractivity contribution in [2.45, 2.75) is 51.7 Å². The Bertz CT molecular complexity index is 652. The number of urea groups is 1. The number of hydrogen-bond donors (Lipinski definition) is 1. The first-order chi connectivity index (χ1) is 10.9. The summed E-state index contributed by atoms with van der Waals surface area (Å²) in [5.41, 5.74) is 1.74. The Hall–Kier alpha value is -2.37. The Labute approximate surface area is 135 Å². The highest BCUT2D eigenvalue weighted by atomic mass is 16.2. The molecular formula is C17H21N3O3. The lowest BCUT2D eigenvalue weighted by molar-refractivity contribution is -0.135. The predicted molar refractivity (Wildman–Crippen MR) is 86.0 cm³/mol. The van der Waals surface area contributed by atoms with Crippen molar-refractivity contribution in [3.8, 4) is 0 Å². The van der Waals surface area contributed by atoms with E-state index in [4.69, 9.17) is 0 Å². The molecule has 122 valence electrons. The van der Waals surface area contributed by atoms with Crippen molar-refractivity contribution in [3.63, 3.8) is 0 Å². The first-order valence-corrected chi connectivity index (χ1v) is 7.93. The molecule has 0 spiro atoms. The number of nitrogens with zero attached hydrogens (tertiary/aromatic N) is 2. The van der Waals surface area contributed by atoms with E-state index in [1.54, 1.807) is 13.8 Å². The van der Waals surface area contributed by atoms with Crippen LogP contribution < -0.4 is 10.2 Å². The molecule has 0 aromatic heterocycles. The zero-order valence-electron chi connectivity index (χ0n) is 13.6. The lowest BCUT2D eigenvalue weighted by Gasteiger charge is -2.22. The fourth-order valence-electron chi connectivity index (χ4n) is 2.75. The van der Waals surface area contributed by atoms with Gasteiger partial charge in [-0.3, -0.25) is 14.5 Å². The molecule has 1 saturated carbocycles. The molecule has 2 fully saturated rings. The Morgan fingerprint density at radius 3 is 2.39 bits per heavy atom. The van der Waals surface area contributed by atoms with E-state index in [0.717, 1.165) is 23.3 Å². The Balaban J connectivity index is 1.82. The van der Waals surface area contributed by atoms with Gasteiger partial charge < -0.3 is 5.32 Å². The zero-order valence-corrected chi connectivity index (χ0v) is 13.6. The summed E-state index contributed by atoms with van der Waals surface area (Å²) in [5.74, 6) is -0.610. The summed E-state index contributed by atoms with van der Waals surface area (Å²) < 4.78 is 0. The van der Waals surface area contributed by atoms with Crippen molar-refractivity contribution in [2.75, 3.05) is 4.90 Å². The monoisotopic (exact) mass is 315 g/mol. The molecule has 0 bridgehead atoms. The van der Waals surface area contributed by atoms with Gasteiger partial charge in [0.25, 0.3) is 5.91 Å². The van der Waals surface area contributed by atoms with Crippen LogP contribution >= 0.6 is 0 Å². The molecule has 0 radical (unpaired) electrons. The molecule has 1 aliphatic heterocycles. The molecule has 2 aliphatic rings. The summed E-state index contributed by atoms with van der Waals surface area (Å²) >= 11 is 0. The fraction of sp³-hybridized carbons (Fsp3) is 0.471. The van der Waals surface area contributed by atoms with Gasteiger partial charge in [-0.05, 0) is 45.7 Å². The number of nitrogens with one attached hydrogen (secondary N) is 1. The average molecular weight is 315 g/mol. The summed E-state index contributed by atoms with van der Waals surface area (Å²) in [4.78, 5) is 39.9. The van der Waals surface area contributed by atoms with E-state index in [1.807, 2.05) is 31.2 Å². The molecule has 2 atom stereocenters. The molecule has 23 heavy (non-hydrogen) atoms. The number of imide groups is 1. The van der Waals surface area contributed by atoms with Crippen LogP contribution in [-0.4, -0.2) is 40.9 Å². The number of carbonyl (C=O) groups excluding carboxylic acids is 3. The van der Waals surface area contributed by atoms with Crippen LogP contribution in [0.5, 0.6) is 0 Å². The summed E-state index contributed by atoms with van der Waals surface area (Å²) in [5, 5.41) is 2.84. The van der Waals surface area contributed by atoms with Gasteiger partial charge in [0.05, 0.1) is 0 Å². The highest BCUT2D eigenvalue weighted by Crippen LogP contribution is 2.28. The van der Waals surface area contributed by atoms with Gasteiger partial charge in [-0.2, -0.15) is 0 Å². The van der Waals surface area contributed by atoms with E-state index in [1.165, 1.54) is 4.90 Å². The second-order valence-corrected chi connectivity index (χ2v) is 6.33. The van der Waals surface area contributed by atoms with Crippen LogP contribution in [0.15, 0.2) is 24.3 Å². The first-order valence-electron chi connectivity index (χ1n) is 7.93. The molecule has 1 aromatic rings. The molecule has 0 unspecified atom stereocenters. The number of amides is 4. The van der Waals surface area contributed by atoms with Gasteiger partial charge in [0.15, 0.2) is 0 Å². The summed E-state index contributed by atoms with van der Waals surface area (Å²) in [6, 6.07) is 5.77. The number of carbonyl (C=O) groups is 3. The SMILES string of the molecule is Cc1ccc(N2C(=O)N([C@H](C)C(=O)NC3CC3)C(=O)[C@@H]2C)cc1. The summed E-state index contributed by atoms with van der Waals surface area (Å²) in [6.07, 6.45) is 1.93. The van der Waals surface area contributed by atoms with Crippen molar-refractivity contribution in [1.29, 1.82) is 0 Å². The summed E-state index contributed by atoms with van der Waals surface area (Å²) in [6.45, 7) is 5.24. The van der Waals surface area contributed by atoms with Gasteiger partial charge >= 0.3 is 6.03 Å². The highest BCUT2D eigenvalue weighted by molar-refractivity contribution is 6.16. The zero-order chi connectivity index (χ0) is 16.7. The first kappa shape index (κ1) is 15.5. The van der Waals surface area contributed by atoms with Crippen LogP contribution in [0.3, 0.4) is 0 Å². The molecule has 1 aromatic carbocycles. The maximum absolute atomic E-state index is 12.7. The lowest BCUT2D eigenvalue weighted by Crippen LogP contribution is -2.49. The molecule has 3 rings (SSSR count). The van der Waals surface area contributed by atoms with Gasteiger partial charge in [0, 0.05) is 11.7 Å². The second kappa shape index (κ2) is 5.68. The van der Waals surface area contributed by atoms with Crippen LogP contribution in [0.4, 0.5) is 10.5 Å². The van der Waals surface area contributed by atoms with Gasteiger partial charge in [0.1, 0.15) is 12.1 Å². The number of anilines is 1. The molecule has 1 aliphatic carbocycles. The van der Waals surface area contributed by atoms with E-state index in [-0.39, 0.29) is 17.9 Å². The quantitative estimate of drug-likeness (QED) is 0.862. The van der Waals surface area contributed by atoms with Crippen molar-refractivity contribution < 1.29 is 14.4 Å². The van der Waals surface area contributed by atoms with E-state index in [9.17, 15) is 14.4 Å². The lowest BCUT2D eigenvalue weighted by atomic mass is 10.2. The van der Waals surface area contributed by atoms with Crippen molar-refractivity contribution >= 4 is 23.5 Å². The van der Waals surface area contributed by atoms with E-state index in [0.29, 0.717) is 5.69 Å². The largest absolute Gasteiger partial charge is 0.352 e. The van der Waals surface area contributed by atoms with Crippen LogP contribution in [0, 0.1) is 6.92 Å². The third kappa shape index (κ3) is 2.81. The molecule has 4 amide bonds. The smallest absolute Gasteiger partial charge is 0.332 e. The molecule has 6 heteroatoms. The molecular weight excluding hydrogens is 294 g/mol. The minimum Gasteiger partial charge on any atom is -0.352 e. The third-order valence-electron chi connectivity index (χ3n) is 4.40. The maximum atomic E-state index is 12.7. The Kier molecular flexibility index (Phi) is 3.83. The third-order valence-corrected chi connectivity index (χ3v) is 4.40. The average Bonchev–Trinajstić information content (AvgIpc) is 3.29. The van der Waals surface area contributed by atoms with Crippen molar-refractivity contribution in [1.82, 2.24) is 10.2 Å². The highest BCUT2D eigenvalue weighted by Gasteiger charge is 2.47. The van der Waals surface area contributed by atoms with Crippen LogP contribution in [0.1, 0.15) is 32.3 Å². The molecule has 1 heterocycles. The second-order valence-electron chi connectivity index (χ2n) is 6.33. The number of rotatable bonds is 4. The van der Waals surface area contributed by atoms with E-state index in [2.05, 4.69) is 5.32 Å². The Morgan fingerprint density at radius 2 is 1.83 bits per heavy atom. The van der Waals surface area contributed by atoms with E-state index < -0.39 is 18.1 Å². The predicted octanol–water partition coefficient (Wildman–Crippen LogP) is 1.82. The van der Waals surface area contributed by atoms with Crippen molar-refractivity contribution in [3.05, 3.63) is 29.8 Å². The number of hydrogen-bond acceptors (Lipinski definition) is 3. The van der Waals surface area contributed by atoms with Gasteiger partial charge in [-0.25, -0.2) is 9.69 Å². The van der Waals surface area contributed by atoms with Gasteiger partial charge in [-0.15, -0.1) is 0 Å². The number of benzene rings is 1. The normalized spacial score (nSPS) is 22.5. The fourth-order valence-corrected chi connectivity index (χ4v) is 2.75.